The Kier molecular flexibility index (Phi) is 7.55. The molecular weight excluding hydrogens is 481 g/mol. The second-order valence-corrected chi connectivity index (χ2v) is 9.12. The van der Waals surface area contributed by atoms with E-state index < -0.39 is 9.96 Å². The van der Waals surface area contributed by atoms with Gasteiger partial charge < -0.3 is 16.0 Å². The zero-order valence-corrected chi connectivity index (χ0v) is 18.2. The van der Waals surface area contributed by atoms with Crippen LogP contribution in [-0.2, 0) is 0 Å². The van der Waals surface area contributed by atoms with Gasteiger partial charge in [-0.25, -0.2) is 0 Å². The molecule has 0 aliphatic rings. The summed E-state index contributed by atoms with van der Waals surface area (Å²) < 4.78 is -0.878. The molecule has 9 heteroatoms. The molecule has 26 heavy (non-hydrogen) atoms. The van der Waals surface area contributed by atoms with Crippen LogP contribution in [0, 0.1) is 6.92 Å². The number of carbonyl (C=O) groups is 1. The first-order chi connectivity index (χ1) is 12.1. The number of alkyl halides is 3. The summed E-state index contributed by atoms with van der Waals surface area (Å²) in [5.41, 5.74) is 2.15. The maximum Gasteiger partial charge on any atom is 0.252 e. The van der Waals surface area contributed by atoms with Crippen molar-refractivity contribution in [3.05, 3.63) is 64.1 Å². The number of benzene rings is 2. The quantitative estimate of drug-likeness (QED) is 0.311. The lowest BCUT2D eigenvalue weighted by Gasteiger charge is -2.27. The first-order valence-corrected chi connectivity index (χ1v) is 9.76. The van der Waals surface area contributed by atoms with Crippen molar-refractivity contribution in [1.82, 2.24) is 10.6 Å². The van der Waals surface area contributed by atoms with Crippen molar-refractivity contribution in [2.45, 2.75) is 16.9 Å². The van der Waals surface area contributed by atoms with Crippen LogP contribution in [-0.4, -0.2) is 21.0 Å². The van der Waals surface area contributed by atoms with Gasteiger partial charge in [0.1, 0.15) is 6.17 Å². The van der Waals surface area contributed by atoms with Crippen LogP contribution < -0.4 is 16.0 Å². The largest absolute Gasteiger partial charge is 0.339 e. The van der Waals surface area contributed by atoms with E-state index in [1.807, 2.05) is 37.3 Å². The van der Waals surface area contributed by atoms with Gasteiger partial charge in [-0.2, -0.15) is 0 Å². The summed E-state index contributed by atoms with van der Waals surface area (Å²) in [6.07, 6.45) is -1.03. The molecule has 0 spiro atoms. The average molecular weight is 496 g/mol. The fourth-order valence-electron chi connectivity index (χ4n) is 2.03. The second kappa shape index (κ2) is 9.24. The lowest BCUT2D eigenvalue weighted by molar-refractivity contribution is 0.0934. The topological polar surface area (TPSA) is 53.2 Å². The van der Waals surface area contributed by atoms with Crippen LogP contribution in [0.25, 0.3) is 0 Å². The Bertz CT molecular complexity index is 797. The van der Waals surface area contributed by atoms with Gasteiger partial charge in [0.15, 0.2) is 5.11 Å². The molecule has 0 saturated heterocycles. The fourth-order valence-corrected chi connectivity index (χ4v) is 2.86. The van der Waals surface area contributed by atoms with Crippen LogP contribution in [0.15, 0.2) is 53.0 Å². The third-order valence-corrected chi connectivity index (χ3v) is 4.66. The van der Waals surface area contributed by atoms with Crippen LogP contribution in [0.3, 0.4) is 0 Å². The van der Waals surface area contributed by atoms with Gasteiger partial charge >= 0.3 is 0 Å². The zero-order chi connectivity index (χ0) is 19.3. The van der Waals surface area contributed by atoms with E-state index in [1.54, 1.807) is 18.2 Å². The Hall–Kier alpha value is -1.05. The van der Waals surface area contributed by atoms with E-state index in [1.165, 1.54) is 0 Å². The van der Waals surface area contributed by atoms with E-state index in [-0.39, 0.29) is 11.0 Å². The predicted molar refractivity (Wildman–Crippen MR) is 116 cm³/mol. The number of thiocarbonyl (C=S) groups is 1. The van der Waals surface area contributed by atoms with E-state index in [2.05, 4.69) is 31.9 Å². The summed E-state index contributed by atoms with van der Waals surface area (Å²) in [7, 11) is 0. The minimum atomic E-state index is -1.81. The molecule has 2 aromatic rings. The summed E-state index contributed by atoms with van der Waals surface area (Å²) >= 11 is 26.6. The van der Waals surface area contributed by atoms with E-state index >= 15 is 0 Å². The van der Waals surface area contributed by atoms with Crippen LogP contribution in [0.1, 0.15) is 15.9 Å². The third-order valence-electron chi connectivity index (χ3n) is 3.26. The molecule has 1 unspecified atom stereocenters. The van der Waals surface area contributed by atoms with Gasteiger partial charge in [-0.1, -0.05) is 68.4 Å². The SMILES string of the molecule is Cc1cccc(C(=O)NC(NC(=S)Nc2ccc(Br)cc2)C(Cl)(Cl)Cl)c1. The number of aryl methyl sites for hydroxylation is 1. The van der Waals surface area contributed by atoms with Gasteiger partial charge in [-0.15, -0.1) is 0 Å². The number of amides is 1. The lowest BCUT2D eigenvalue weighted by atomic mass is 10.1. The summed E-state index contributed by atoms with van der Waals surface area (Å²) in [4.78, 5) is 12.4. The van der Waals surface area contributed by atoms with Crippen LogP contribution >= 0.6 is 63.0 Å². The smallest absolute Gasteiger partial charge is 0.252 e. The van der Waals surface area contributed by atoms with E-state index in [9.17, 15) is 4.79 Å². The lowest BCUT2D eigenvalue weighted by Crippen LogP contribution is -2.56. The van der Waals surface area contributed by atoms with E-state index in [0.29, 0.717) is 5.56 Å². The normalized spacial score (nSPS) is 12.2. The number of anilines is 1. The maximum absolute atomic E-state index is 12.4. The number of hydrogen-bond acceptors (Lipinski definition) is 2. The molecule has 0 bridgehead atoms. The standard InChI is InChI=1S/C17H15BrCl3N3OS/c1-10-3-2-4-11(9-10)14(25)23-15(17(19,20)21)24-16(26)22-13-7-5-12(18)6-8-13/h2-9,15H,1H3,(H,23,25)(H2,22,24,26). The molecule has 2 aromatic carbocycles. The Morgan fingerprint density at radius 2 is 1.77 bits per heavy atom. The molecule has 0 fully saturated rings. The van der Waals surface area contributed by atoms with Gasteiger partial charge in [0, 0.05) is 15.7 Å². The molecule has 0 heterocycles. The van der Waals surface area contributed by atoms with Crippen LogP contribution in [0.2, 0.25) is 0 Å². The van der Waals surface area contributed by atoms with Gasteiger partial charge in [0.05, 0.1) is 0 Å². The minimum absolute atomic E-state index is 0.202. The molecule has 0 radical (unpaired) electrons. The van der Waals surface area contributed by atoms with Crippen molar-refractivity contribution in [1.29, 1.82) is 0 Å². The van der Waals surface area contributed by atoms with E-state index in [0.717, 1.165) is 15.7 Å². The van der Waals surface area contributed by atoms with Crippen molar-refractivity contribution in [3.8, 4) is 0 Å². The molecule has 0 aliphatic heterocycles. The zero-order valence-electron chi connectivity index (χ0n) is 13.5. The molecule has 0 aromatic heterocycles. The summed E-state index contributed by atoms with van der Waals surface area (Å²) in [5.74, 6) is -0.385. The third kappa shape index (κ3) is 6.59. The van der Waals surface area contributed by atoms with Gasteiger partial charge in [0.2, 0.25) is 3.79 Å². The second-order valence-electron chi connectivity index (χ2n) is 5.42. The summed E-state index contributed by atoms with van der Waals surface area (Å²) in [5, 5.41) is 8.63. The van der Waals surface area contributed by atoms with Crippen molar-refractivity contribution in [2.24, 2.45) is 0 Å². The van der Waals surface area contributed by atoms with E-state index in [4.69, 9.17) is 47.0 Å². The van der Waals surface area contributed by atoms with Crippen molar-refractivity contribution in [2.75, 3.05) is 5.32 Å². The van der Waals surface area contributed by atoms with Crippen molar-refractivity contribution < 1.29 is 4.79 Å². The Balaban J connectivity index is 2.06. The Morgan fingerprint density at radius 1 is 1.12 bits per heavy atom. The Labute approximate surface area is 180 Å². The number of carbonyl (C=O) groups excluding carboxylic acids is 1. The highest BCUT2D eigenvalue weighted by atomic mass is 79.9. The molecule has 3 N–H and O–H groups in total. The van der Waals surface area contributed by atoms with Gasteiger partial charge in [0.25, 0.3) is 5.91 Å². The molecule has 2 rings (SSSR count). The number of rotatable bonds is 4. The highest BCUT2D eigenvalue weighted by Crippen LogP contribution is 2.29. The van der Waals surface area contributed by atoms with Gasteiger partial charge in [-0.3, -0.25) is 4.79 Å². The van der Waals surface area contributed by atoms with Crippen LogP contribution in [0.5, 0.6) is 0 Å². The molecule has 1 atom stereocenters. The number of nitrogens with one attached hydrogen (secondary N) is 3. The summed E-state index contributed by atoms with van der Waals surface area (Å²) in [6, 6.07) is 14.5. The minimum Gasteiger partial charge on any atom is -0.339 e. The highest BCUT2D eigenvalue weighted by molar-refractivity contribution is 9.10. The molecule has 0 saturated carbocycles. The molecular formula is C17H15BrCl3N3OS. The molecule has 0 aliphatic carbocycles. The van der Waals surface area contributed by atoms with Crippen molar-refractivity contribution in [3.63, 3.8) is 0 Å². The summed E-state index contributed by atoms with van der Waals surface area (Å²) in [6.45, 7) is 1.89. The molecule has 138 valence electrons. The predicted octanol–water partition coefficient (Wildman–Crippen LogP) is 5.17. The first-order valence-electron chi connectivity index (χ1n) is 7.42. The van der Waals surface area contributed by atoms with Crippen LogP contribution in [0.4, 0.5) is 5.69 Å². The Morgan fingerprint density at radius 3 is 2.35 bits per heavy atom. The number of halogens is 4. The first kappa shape index (κ1) is 21.3. The van der Waals surface area contributed by atoms with Crippen molar-refractivity contribution >= 4 is 79.7 Å². The highest BCUT2D eigenvalue weighted by Gasteiger charge is 2.34. The number of hydrogen-bond donors (Lipinski definition) is 3. The maximum atomic E-state index is 12.4. The average Bonchev–Trinajstić information content (AvgIpc) is 2.55. The fraction of sp³-hybridized carbons (Fsp3) is 0.176. The monoisotopic (exact) mass is 493 g/mol. The molecule has 4 nitrogen and oxygen atoms in total. The van der Waals surface area contributed by atoms with Gasteiger partial charge in [-0.05, 0) is 55.5 Å². The molecule has 1 amide bonds.